The van der Waals surface area contributed by atoms with Crippen LogP contribution in [0.25, 0.3) is 17.1 Å². The Labute approximate surface area is 288 Å². The number of rotatable bonds is 19. The highest BCUT2D eigenvalue weighted by Crippen LogP contribution is 2.37. The van der Waals surface area contributed by atoms with Gasteiger partial charge in [-0.3, -0.25) is 19.0 Å². The summed E-state index contributed by atoms with van der Waals surface area (Å²) in [6.45, 7) is 5.64. The van der Waals surface area contributed by atoms with Crippen molar-refractivity contribution >= 4 is 46.8 Å². The number of hydrogen-bond acceptors (Lipinski definition) is 15. The van der Waals surface area contributed by atoms with Crippen LogP contribution >= 0.6 is 11.8 Å². The van der Waals surface area contributed by atoms with Crippen molar-refractivity contribution < 1.29 is 42.9 Å². The van der Waals surface area contributed by atoms with Crippen LogP contribution in [-0.4, -0.2) is 96.2 Å². The van der Waals surface area contributed by atoms with E-state index in [1.54, 1.807) is 4.57 Å². The Morgan fingerprint density at radius 2 is 1.53 bits per heavy atom. The number of methoxy groups -OCH3 is 1. The molecule has 4 rings (SSSR count). The molecule has 1 aliphatic heterocycles. The number of imidazole rings is 1. The minimum absolute atomic E-state index is 0.0362. The van der Waals surface area contributed by atoms with Gasteiger partial charge in [0.05, 0.1) is 19.6 Å². The highest BCUT2D eigenvalue weighted by Gasteiger charge is 2.51. The molecule has 0 radical (unpaired) electrons. The zero-order valence-electron chi connectivity index (χ0n) is 28.7. The second kappa shape index (κ2) is 18.6. The third-order valence-electron chi connectivity index (χ3n) is 7.82. The Kier molecular flexibility index (Phi) is 14.3. The molecule has 49 heavy (non-hydrogen) atoms. The predicted molar refractivity (Wildman–Crippen MR) is 176 cm³/mol. The van der Waals surface area contributed by atoms with Gasteiger partial charge in [0.15, 0.2) is 29.8 Å². The second-order valence-electron chi connectivity index (χ2n) is 11.7. The van der Waals surface area contributed by atoms with E-state index in [0.29, 0.717) is 16.2 Å². The second-order valence-corrected chi connectivity index (χ2v) is 12.8. The number of carbonyl (C=O) groups excluding carboxylic acids is 4. The van der Waals surface area contributed by atoms with Crippen LogP contribution < -0.4 is 0 Å². The average Bonchev–Trinajstić information content (AvgIpc) is 3.80. The van der Waals surface area contributed by atoms with Gasteiger partial charge in [-0.1, -0.05) is 69.9 Å². The number of aromatic nitrogens is 7. The molecule has 4 atom stereocenters. The summed E-state index contributed by atoms with van der Waals surface area (Å²) in [5.74, 6) is -1.66. The molecule has 3 aromatic heterocycles. The van der Waals surface area contributed by atoms with Crippen molar-refractivity contribution in [2.45, 2.75) is 121 Å². The molecule has 16 nitrogen and oxygen atoms in total. The normalized spacial score (nSPS) is 18.8. The summed E-state index contributed by atoms with van der Waals surface area (Å²) in [7, 11) is 1.24. The fourth-order valence-corrected chi connectivity index (χ4v) is 6.47. The molecule has 1 saturated heterocycles. The van der Waals surface area contributed by atoms with Gasteiger partial charge in [0.25, 0.3) is 5.95 Å². The number of carbonyl (C=O) groups is 4. The van der Waals surface area contributed by atoms with Crippen LogP contribution in [0.2, 0.25) is 0 Å². The van der Waals surface area contributed by atoms with Crippen molar-refractivity contribution in [1.82, 2.24) is 34.5 Å². The highest BCUT2D eigenvalue weighted by atomic mass is 32.2. The third kappa shape index (κ3) is 10.4. The summed E-state index contributed by atoms with van der Waals surface area (Å²) < 4.78 is 30.1. The van der Waals surface area contributed by atoms with Crippen molar-refractivity contribution in [3.8, 4) is 5.95 Å². The van der Waals surface area contributed by atoms with Gasteiger partial charge >= 0.3 is 23.9 Å². The van der Waals surface area contributed by atoms with Crippen LogP contribution in [0.1, 0.15) is 109 Å². The Hall–Kier alpha value is -4.12. The summed E-state index contributed by atoms with van der Waals surface area (Å²) in [6, 6.07) is 0. The molecule has 3 aromatic rings. The van der Waals surface area contributed by atoms with Crippen LogP contribution in [-0.2, 0) is 38.1 Å². The van der Waals surface area contributed by atoms with E-state index in [-0.39, 0.29) is 18.2 Å². The Morgan fingerprint density at radius 1 is 0.878 bits per heavy atom. The van der Waals surface area contributed by atoms with Crippen LogP contribution in [0.15, 0.2) is 17.6 Å². The number of thioether (sulfide) groups is 1. The first-order valence-corrected chi connectivity index (χ1v) is 17.6. The zero-order valence-corrected chi connectivity index (χ0v) is 29.5. The maximum atomic E-state index is 12.2. The Bertz CT molecular complexity index is 1580. The minimum Gasteiger partial charge on any atom is -0.464 e. The number of nitrogens with zero attached hydrogens (tertiary/aromatic N) is 7. The van der Waals surface area contributed by atoms with E-state index in [2.05, 4.69) is 27.2 Å². The lowest BCUT2D eigenvalue weighted by Gasteiger charge is -2.23. The van der Waals surface area contributed by atoms with E-state index in [1.807, 2.05) is 0 Å². The summed E-state index contributed by atoms with van der Waals surface area (Å²) in [4.78, 5) is 62.0. The molecule has 0 N–H and O–H groups in total. The molecule has 1 aliphatic rings. The molecule has 0 saturated carbocycles. The first-order chi connectivity index (χ1) is 23.6. The van der Waals surface area contributed by atoms with Gasteiger partial charge < -0.3 is 23.7 Å². The molecule has 0 unspecified atom stereocenters. The smallest absolute Gasteiger partial charge is 0.360 e. The summed E-state index contributed by atoms with van der Waals surface area (Å²) in [6.07, 6.45) is 10.7. The van der Waals surface area contributed by atoms with Crippen LogP contribution in [0.5, 0.6) is 0 Å². The number of unbranched alkanes of at least 4 members (excludes halogenated alkanes) is 9. The molecule has 268 valence electrons. The van der Waals surface area contributed by atoms with Crippen molar-refractivity contribution in [2.75, 3.05) is 19.5 Å². The fourth-order valence-electron chi connectivity index (χ4n) is 5.50. The van der Waals surface area contributed by atoms with E-state index in [1.165, 1.54) is 102 Å². The molecular formula is C32H45N7O9S. The van der Waals surface area contributed by atoms with Gasteiger partial charge in [0, 0.05) is 20.8 Å². The van der Waals surface area contributed by atoms with Crippen molar-refractivity contribution in [1.29, 1.82) is 0 Å². The lowest BCUT2D eigenvalue weighted by Crippen LogP contribution is -2.40. The van der Waals surface area contributed by atoms with Gasteiger partial charge in [-0.15, -0.1) is 16.9 Å². The number of esters is 4. The first kappa shape index (κ1) is 37.7. The quantitative estimate of drug-likeness (QED) is 0.0556. The maximum Gasteiger partial charge on any atom is 0.360 e. The molecule has 1 fully saturated rings. The fraction of sp³-hybridized carbons (Fsp3) is 0.656. The largest absolute Gasteiger partial charge is 0.464 e. The molecule has 0 aliphatic carbocycles. The molecule has 0 bridgehead atoms. The first-order valence-electron chi connectivity index (χ1n) is 16.6. The predicted octanol–water partition coefficient (Wildman–Crippen LogP) is 4.53. The summed E-state index contributed by atoms with van der Waals surface area (Å²) in [5.41, 5.74) is 0.709. The molecule has 0 spiro atoms. The van der Waals surface area contributed by atoms with Gasteiger partial charge in [-0.2, -0.15) is 9.67 Å². The standard InChI is InChI=1S/C32H45N7O9S/c1-6-7-8-9-10-11-12-13-14-15-16-49-29-25-28(34-32(35-29)39-17-23(36-37-39)31(43)44-5)38(19-33-25)30-27(47-22(4)42)26(46-21(3)41)24(48-30)18-45-20(2)40/h17,19,24,26-27,30H,6-16,18H2,1-5H3/t24-,26-,27-,30-/m1/s1. The SMILES string of the molecule is CCCCCCCCCCCCSc1nc(-n2cc(C(=O)OC)nn2)nc2c1ncn2[C@@H]1O[C@H](COC(C)=O)[C@@H](OC(C)=O)[C@H]1OC(C)=O. The lowest BCUT2D eigenvalue weighted by atomic mass is 10.1. The van der Waals surface area contributed by atoms with E-state index < -0.39 is 48.4 Å². The van der Waals surface area contributed by atoms with Gasteiger partial charge in [-0.05, 0) is 12.2 Å². The van der Waals surface area contributed by atoms with E-state index in [4.69, 9.17) is 28.7 Å². The van der Waals surface area contributed by atoms with E-state index in [9.17, 15) is 19.2 Å². The number of hydrogen-bond donors (Lipinski definition) is 0. The Morgan fingerprint density at radius 3 is 2.16 bits per heavy atom. The Balaban J connectivity index is 1.61. The lowest BCUT2D eigenvalue weighted by molar-refractivity contribution is -0.166. The van der Waals surface area contributed by atoms with Crippen LogP contribution in [0.3, 0.4) is 0 Å². The van der Waals surface area contributed by atoms with Gasteiger partial charge in [-0.25, -0.2) is 14.8 Å². The number of fused-ring (bicyclic) bond motifs is 1. The van der Waals surface area contributed by atoms with Crippen LogP contribution in [0.4, 0.5) is 0 Å². The van der Waals surface area contributed by atoms with Crippen LogP contribution in [0, 0.1) is 0 Å². The monoisotopic (exact) mass is 703 g/mol. The van der Waals surface area contributed by atoms with Crippen molar-refractivity contribution in [2.24, 2.45) is 0 Å². The molecular weight excluding hydrogens is 658 g/mol. The minimum atomic E-state index is -1.14. The zero-order chi connectivity index (χ0) is 35.3. The third-order valence-corrected chi connectivity index (χ3v) is 8.87. The van der Waals surface area contributed by atoms with Gasteiger partial charge in [0.2, 0.25) is 0 Å². The van der Waals surface area contributed by atoms with Crippen molar-refractivity contribution in [3.63, 3.8) is 0 Å². The van der Waals surface area contributed by atoms with Crippen molar-refractivity contribution in [3.05, 3.63) is 18.2 Å². The highest BCUT2D eigenvalue weighted by molar-refractivity contribution is 7.99. The topological polar surface area (TPSA) is 189 Å². The van der Waals surface area contributed by atoms with E-state index in [0.717, 1.165) is 25.0 Å². The number of ether oxygens (including phenoxy) is 5. The average molecular weight is 704 g/mol. The molecule has 0 amide bonds. The molecule has 4 heterocycles. The molecule has 0 aromatic carbocycles. The summed E-state index contributed by atoms with van der Waals surface area (Å²) >= 11 is 1.51. The van der Waals surface area contributed by atoms with E-state index >= 15 is 0 Å². The van der Waals surface area contributed by atoms with Gasteiger partial charge in [0.1, 0.15) is 23.3 Å². The summed E-state index contributed by atoms with van der Waals surface area (Å²) in [5, 5.41) is 8.46. The molecule has 17 heteroatoms. The maximum absolute atomic E-state index is 12.2.